The van der Waals surface area contributed by atoms with Gasteiger partial charge in [0.05, 0.1) is 32.3 Å². The van der Waals surface area contributed by atoms with Gasteiger partial charge in [0.1, 0.15) is 0 Å². The van der Waals surface area contributed by atoms with Crippen molar-refractivity contribution in [2.24, 2.45) is 0 Å². The molecule has 0 saturated carbocycles. The van der Waals surface area contributed by atoms with Crippen LogP contribution in [0.1, 0.15) is 5.56 Å². The van der Waals surface area contributed by atoms with Gasteiger partial charge in [-0.25, -0.2) is 0 Å². The fraction of sp³-hybridized carbons (Fsp3) is 0.545. The molecule has 0 aliphatic heterocycles. The first-order chi connectivity index (χ1) is 12.0. The lowest BCUT2D eigenvalue weighted by molar-refractivity contribution is 1.67. The highest BCUT2D eigenvalue weighted by Gasteiger charge is 2.37. The van der Waals surface area contributed by atoms with Crippen molar-refractivity contribution in [2.75, 3.05) is 0 Å². The molecular weight excluding hydrogens is 408 g/mol. The molecule has 0 atom stereocenters. The largest absolute Gasteiger partial charge is 0.118 e. The van der Waals surface area contributed by atoms with Crippen molar-refractivity contribution in [2.45, 2.75) is 78.6 Å². The number of hydrogen-bond acceptors (Lipinski definition) is 0. The molecule has 0 aromatic heterocycles. The number of hydrogen-bond donors (Lipinski definition) is 0. The van der Waals surface area contributed by atoms with E-state index in [1.54, 1.807) is 0 Å². The van der Waals surface area contributed by atoms with Crippen LogP contribution in [0, 0.1) is 0 Å². The molecule has 0 unspecified atom stereocenters. The lowest BCUT2D eigenvalue weighted by atomic mass is 10.2. The first-order valence-electron chi connectivity index (χ1n) is 10.2. The molecule has 1 rings (SSSR count). The predicted octanol–water partition coefficient (Wildman–Crippen LogP) is 7.99. The molecular formula is C22H43PSi4. The van der Waals surface area contributed by atoms with E-state index in [2.05, 4.69) is 121 Å². The molecule has 0 aliphatic carbocycles. The van der Waals surface area contributed by atoms with Crippen molar-refractivity contribution < 1.29 is 0 Å². The molecule has 5 heteroatoms. The van der Waals surface area contributed by atoms with Gasteiger partial charge in [-0.1, -0.05) is 124 Å². The molecule has 0 amide bonds. The summed E-state index contributed by atoms with van der Waals surface area (Å²) in [5.41, 5.74) is 1.35. The van der Waals surface area contributed by atoms with Crippen LogP contribution in [0.4, 0.5) is 0 Å². The Balaban J connectivity index is 4.12. The molecule has 0 spiro atoms. The van der Waals surface area contributed by atoms with Crippen LogP contribution >= 0.6 is 7.17 Å². The van der Waals surface area contributed by atoms with Gasteiger partial charge in [0.15, 0.2) is 0 Å². The van der Waals surface area contributed by atoms with Gasteiger partial charge in [-0.05, 0) is 11.4 Å². The van der Waals surface area contributed by atoms with Gasteiger partial charge in [0.2, 0.25) is 0 Å². The third kappa shape index (κ3) is 7.32. The normalized spacial score (nSPS) is 13.8. The first-order valence-corrected chi connectivity index (χ1v) is 25.6. The van der Waals surface area contributed by atoms with E-state index in [1.807, 2.05) is 9.08 Å². The Hall–Kier alpha value is -0.132. The maximum Gasteiger partial charge on any atom is 0.0730 e. The fourth-order valence-electron chi connectivity index (χ4n) is 4.68. The lowest BCUT2D eigenvalue weighted by Gasteiger charge is -2.37. The Morgan fingerprint density at radius 3 is 1.22 bits per heavy atom. The second-order valence-corrected chi connectivity index (χ2v) is 36.4. The van der Waals surface area contributed by atoms with Gasteiger partial charge in [0.25, 0.3) is 0 Å². The Morgan fingerprint density at radius 2 is 0.926 bits per heavy atom. The van der Waals surface area contributed by atoms with Crippen molar-refractivity contribution in [3.8, 4) is 0 Å². The van der Waals surface area contributed by atoms with Gasteiger partial charge >= 0.3 is 0 Å². The molecule has 0 fully saturated rings. The molecule has 0 heterocycles. The minimum Gasteiger partial charge on any atom is -0.118 e. The van der Waals surface area contributed by atoms with E-state index in [0.717, 1.165) is 0 Å². The molecule has 0 N–H and O–H groups in total. The monoisotopic (exact) mass is 450 g/mol. The summed E-state index contributed by atoms with van der Waals surface area (Å²) in [5, 5.41) is 0. The van der Waals surface area contributed by atoms with Gasteiger partial charge < -0.3 is 0 Å². The topological polar surface area (TPSA) is 0 Å². The molecule has 27 heavy (non-hydrogen) atoms. The summed E-state index contributed by atoms with van der Waals surface area (Å²) in [5.74, 6) is 2.67. The molecule has 0 aliphatic rings. The standard InChI is InChI=1S/C22H43PSi4/c1-24(2,3)21(25(4,5)6)23(19-18-20-16-14-13-15-17-20)22(26(7,8)9)27(10,11)12/h13-19H,1-12H3. The first kappa shape index (κ1) is 24.9. The lowest BCUT2D eigenvalue weighted by Crippen LogP contribution is -2.52. The molecule has 1 aromatic carbocycles. The summed E-state index contributed by atoms with van der Waals surface area (Å²) in [7, 11) is -5.72. The van der Waals surface area contributed by atoms with Crippen molar-refractivity contribution in [1.29, 1.82) is 0 Å². The zero-order chi connectivity index (χ0) is 21.3. The van der Waals surface area contributed by atoms with Gasteiger partial charge in [-0.2, -0.15) is 0 Å². The van der Waals surface area contributed by atoms with E-state index in [4.69, 9.17) is 0 Å². The maximum atomic E-state index is 2.67. The van der Waals surface area contributed by atoms with E-state index < -0.39 is 32.3 Å². The summed E-state index contributed by atoms with van der Waals surface area (Å²) in [6.07, 6.45) is 2.44. The van der Waals surface area contributed by atoms with Crippen molar-refractivity contribution in [3.63, 3.8) is 0 Å². The third-order valence-corrected chi connectivity index (χ3v) is 31.6. The van der Waals surface area contributed by atoms with Crippen LogP contribution in [0.2, 0.25) is 78.6 Å². The van der Waals surface area contributed by atoms with Crippen LogP contribution in [-0.2, 0) is 0 Å². The Bertz CT molecular complexity index is 684. The third-order valence-electron chi connectivity index (χ3n) is 4.54. The van der Waals surface area contributed by atoms with Gasteiger partial charge in [-0.3, -0.25) is 0 Å². The summed E-state index contributed by atoms with van der Waals surface area (Å²) in [6, 6.07) is 10.9. The van der Waals surface area contributed by atoms with Crippen LogP contribution in [0.5, 0.6) is 0 Å². The molecule has 0 saturated heterocycles. The summed E-state index contributed by atoms with van der Waals surface area (Å²) in [4.78, 5) is 0. The van der Waals surface area contributed by atoms with Gasteiger partial charge in [-0.15, -0.1) is 7.17 Å². The summed E-state index contributed by atoms with van der Waals surface area (Å²) < 4.78 is 4.05. The highest BCUT2D eigenvalue weighted by Crippen LogP contribution is 2.35. The average molecular weight is 451 g/mol. The van der Waals surface area contributed by atoms with E-state index in [-0.39, 0.29) is 7.17 Å². The number of benzene rings is 1. The van der Waals surface area contributed by atoms with E-state index >= 15 is 0 Å². The second kappa shape index (κ2) is 8.70. The molecule has 1 aromatic rings. The Labute approximate surface area is 174 Å². The van der Waals surface area contributed by atoms with Crippen molar-refractivity contribution >= 4 is 54.6 Å². The van der Waals surface area contributed by atoms with Crippen LogP contribution in [0.3, 0.4) is 0 Å². The molecule has 0 bridgehead atoms. The highest BCUT2D eigenvalue weighted by atomic mass is 31.1. The number of rotatable bonds is 6. The average Bonchev–Trinajstić information content (AvgIpc) is 2.39. The Kier molecular flexibility index (Phi) is 8.03. The molecule has 0 nitrogen and oxygen atoms in total. The smallest absolute Gasteiger partial charge is 0.0730 e. The van der Waals surface area contributed by atoms with Gasteiger partial charge in [0, 0.05) is 0 Å². The van der Waals surface area contributed by atoms with Crippen LogP contribution in [0.25, 0.3) is 6.08 Å². The second-order valence-electron chi connectivity index (χ2n) is 11.8. The van der Waals surface area contributed by atoms with Crippen LogP contribution in [-0.4, -0.2) is 41.4 Å². The van der Waals surface area contributed by atoms with E-state index in [1.165, 1.54) is 5.56 Å². The summed E-state index contributed by atoms with van der Waals surface area (Å²) in [6.45, 7) is 31.1. The highest BCUT2D eigenvalue weighted by molar-refractivity contribution is 7.84. The predicted molar refractivity (Wildman–Crippen MR) is 146 cm³/mol. The van der Waals surface area contributed by atoms with E-state index in [9.17, 15) is 0 Å². The fourth-order valence-corrected chi connectivity index (χ4v) is 38.7. The zero-order valence-corrected chi connectivity index (χ0v) is 24.9. The minimum absolute atomic E-state index is 0.264. The van der Waals surface area contributed by atoms with Crippen molar-refractivity contribution in [1.82, 2.24) is 0 Å². The van der Waals surface area contributed by atoms with Crippen LogP contribution in [0.15, 0.2) is 36.1 Å². The molecule has 152 valence electrons. The zero-order valence-electron chi connectivity index (χ0n) is 20.0. The van der Waals surface area contributed by atoms with E-state index in [0.29, 0.717) is 0 Å². The minimum atomic E-state index is -1.36. The Morgan fingerprint density at radius 1 is 0.593 bits per heavy atom. The maximum absolute atomic E-state index is 2.67. The van der Waals surface area contributed by atoms with Crippen molar-refractivity contribution in [3.05, 3.63) is 41.7 Å². The SMILES string of the molecule is C[Si](C)(C)C(=P(C=Cc1ccccc1)=C([Si](C)(C)C)[Si](C)(C)C)[Si](C)(C)C. The van der Waals surface area contributed by atoms with Crippen LogP contribution < -0.4 is 0 Å². The molecule has 0 radical (unpaired) electrons. The summed E-state index contributed by atoms with van der Waals surface area (Å²) >= 11 is 0. The quantitative estimate of drug-likeness (QED) is 0.304.